The summed E-state index contributed by atoms with van der Waals surface area (Å²) in [6.07, 6.45) is -13.9. The second-order valence-corrected chi connectivity index (χ2v) is 18.2. The smallest absolute Gasteiger partial charge is 0.187 e. The van der Waals surface area contributed by atoms with E-state index in [1.165, 1.54) is 19.4 Å². The molecule has 0 radical (unpaired) electrons. The minimum Gasteiger partial charge on any atom is -0.394 e. The van der Waals surface area contributed by atoms with E-state index in [2.05, 4.69) is 19.9 Å². The molecule has 6 fully saturated rings. The fourth-order valence-corrected chi connectivity index (χ4v) is 11.9. The minimum atomic E-state index is -1.72. The summed E-state index contributed by atoms with van der Waals surface area (Å²) in [5.41, 5.74) is 1.10. The van der Waals surface area contributed by atoms with Crippen molar-refractivity contribution in [3.8, 4) is 0 Å². The van der Waals surface area contributed by atoms with Crippen molar-refractivity contribution in [2.75, 3.05) is 13.7 Å². The van der Waals surface area contributed by atoms with Gasteiger partial charge in [0.05, 0.1) is 31.0 Å². The Balaban J connectivity index is 1.11. The molecule has 0 aromatic carbocycles. The normalized spacial score (nSPS) is 54.8. The maximum Gasteiger partial charge on any atom is 0.187 e. The van der Waals surface area contributed by atoms with Gasteiger partial charge in [-0.05, 0) is 94.3 Å². The van der Waals surface area contributed by atoms with E-state index in [1.807, 2.05) is 0 Å². The van der Waals surface area contributed by atoms with Gasteiger partial charge in [0.2, 0.25) is 0 Å². The highest BCUT2D eigenvalue weighted by molar-refractivity contribution is 5.80. The van der Waals surface area contributed by atoms with Crippen LogP contribution in [0.4, 0.5) is 0 Å². The van der Waals surface area contributed by atoms with Gasteiger partial charge in [-0.1, -0.05) is 25.5 Å². The molecule has 7 rings (SSSR count). The molecule has 3 saturated heterocycles. The van der Waals surface area contributed by atoms with Crippen LogP contribution in [0.15, 0.2) is 11.6 Å². The number of aliphatic hydroxyl groups is 8. The molecule has 0 amide bonds. The number of carbonyl (C=O) groups is 1. The molecule has 23 atom stereocenters. The molecule has 3 saturated carbocycles. The summed E-state index contributed by atoms with van der Waals surface area (Å²) < 4.78 is 42.2. The van der Waals surface area contributed by atoms with Crippen molar-refractivity contribution >= 4 is 5.78 Å². The first-order valence-electron chi connectivity index (χ1n) is 20.5. The van der Waals surface area contributed by atoms with E-state index in [-0.39, 0.29) is 28.6 Å². The summed E-state index contributed by atoms with van der Waals surface area (Å²) in [5.74, 6) is 1.33. The van der Waals surface area contributed by atoms with Gasteiger partial charge in [0.25, 0.3) is 0 Å². The Kier molecular flexibility index (Phi) is 12.5. The predicted molar refractivity (Wildman–Crippen MR) is 193 cm³/mol. The zero-order valence-electron chi connectivity index (χ0n) is 33.2. The number of hydrogen-bond acceptors (Lipinski definition) is 16. The van der Waals surface area contributed by atoms with Crippen LogP contribution in [-0.4, -0.2) is 165 Å². The summed E-state index contributed by atoms with van der Waals surface area (Å²) in [5, 5.41) is 85.4. The zero-order valence-corrected chi connectivity index (χ0v) is 33.2. The van der Waals surface area contributed by atoms with Crippen LogP contribution in [0, 0.1) is 34.5 Å². The second-order valence-electron chi connectivity index (χ2n) is 18.2. The standard InChI is InChI=1S/C40H64O16/c1-16(42)26-24(50-6)14-23-21-8-7-19-13-20(9-11-39(19,4)22(21)10-12-40(23,26)5)53-38-35(56-37-32(48)30(46)28(44)18(3)52-37)33(49)34(25(15-41)54-38)55-36-31(47)29(45)27(43)17(2)51-36/h7,17-18,20-38,41,43-49H,8-15H2,1-6H3/t17-,18-,20+,21-,22-,23+,24-,25-,26+,27-,28-,29+,30+,31-,32-,33+,34-,35-,36+,37+,38-,39-,40+/m0/s1. The van der Waals surface area contributed by atoms with Crippen LogP contribution in [0.5, 0.6) is 0 Å². The van der Waals surface area contributed by atoms with Crippen LogP contribution in [0.2, 0.25) is 0 Å². The Bertz CT molecular complexity index is 1430. The molecule has 8 N–H and O–H groups in total. The zero-order chi connectivity index (χ0) is 40.6. The van der Waals surface area contributed by atoms with Crippen LogP contribution in [0.1, 0.15) is 79.6 Å². The Labute approximate surface area is 328 Å². The van der Waals surface area contributed by atoms with Crippen molar-refractivity contribution in [1.29, 1.82) is 0 Å². The molecule has 0 aromatic heterocycles. The van der Waals surface area contributed by atoms with E-state index in [9.17, 15) is 45.6 Å². The Hall–Kier alpha value is -1.19. The highest BCUT2D eigenvalue weighted by atomic mass is 16.8. The van der Waals surface area contributed by atoms with Crippen LogP contribution >= 0.6 is 0 Å². The monoisotopic (exact) mass is 800 g/mol. The van der Waals surface area contributed by atoms with Gasteiger partial charge in [0.15, 0.2) is 18.9 Å². The summed E-state index contributed by atoms with van der Waals surface area (Å²) in [4.78, 5) is 12.9. The summed E-state index contributed by atoms with van der Waals surface area (Å²) in [6.45, 7) is 8.64. The fraction of sp³-hybridized carbons (Fsp3) is 0.925. The van der Waals surface area contributed by atoms with Gasteiger partial charge in [0, 0.05) is 13.0 Å². The van der Waals surface area contributed by atoms with Gasteiger partial charge < -0.3 is 74.0 Å². The Morgan fingerprint density at radius 1 is 0.768 bits per heavy atom. The van der Waals surface area contributed by atoms with Crippen molar-refractivity contribution < 1.29 is 78.8 Å². The number of aliphatic hydroxyl groups excluding tert-OH is 8. The molecule has 0 spiro atoms. The average molecular weight is 801 g/mol. The number of Topliss-reactive ketones (excluding diaryl/α,β-unsaturated/α-hetero) is 1. The minimum absolute atomic E-state index is 0.0719. The molecule has 16 nitrogen and oxygen atoms in total. The van der Waals surface area contributed by atoms with Crippen molar-refractivity contribution in [3.63, 3.8) is 0 Å². The SMILES string of the molecule is CO[C@H]1C[C@@H]2[C@H]3CC=C4C[C@H](O[C@H]5O[C@@H](CO)[C@H](O[C@H]6O[C@@H](C)[C@H](O)[C@@H](O)[C@@H]6O)[C@@H](O)[C@@H]5O[C@H]5O[C@@H](C)[C@H](O)[C@@H](O)[C@@H]5O)CC[C@]4(C)[C@H]3CC[C@@]2(C)[C@@H]1C(C)=O. The van der Waals surface area contributed by atoms with Gasteiger partial charge in [-0.3, -0.25) is 4.79 Å². The number of fused-ring (bicyclic) bond motifs is 5. The van der Waals surface area contributed by atoms with Gasteiger partial charge in [-0.2, -0.15) is 0 Å². The predicted octanol–water partition coefficient (Wildman–Crippen LogP) is -0.332. The van der Waals surface area contributed by atoms with Gasteiger partial charge in [0.1, 0.15) is 66.8 Å². The number of methoxy groups -OCH3 is 1. The van der Waals surface area contributed by atoms with Crippen molar-refractivity contribution in [1.82, 2.24) is 0 Å². The Morgan fingerprint density at radius 3 is 1.95 bits per heavy atom. The molecule has 7 aliphatic rings. The van der Waals surface area contributed by atoms with E-state index < -0.39 is 105 Å². The Morgan fingerprint density at radius 2 is 1.38 bits per heavy atom. The van der Waals surface area contributed by atoms with E-state index in [0.29, 0.717) is 30.6 Å². The van der Waals surface area contributed by atoms with Crippen molar-refractivity contribution in [2.24, 2.45) is 34.5 Å². The molecule has 0 bridgehead atoms. The largest absolute Gasteiger partial charge is 0.394 e. The highest BCUT2D eigenvalue weighted by Crippen LogP contribution is 2.66. The number of allylic oxidation sites excluding steroid dienone is 1. The third-order valence-electron chi connectivity index (χ3n) is 15.1. The van der Waals surface area contributed by atoms with E-state index in [0.717, 1.165) is 32.1 Å². The number of rotatable bonds is 9. The molecule has 4 aliphatic carbocycles. The molecular formula is C40H64O16. The van der Waals surface area contributed by atoms with E-state index in [4.69, 9.17) is 33.2 Å². The quantitative estimate of drug-likeness (QED) is 0.139. The highest BCUT2D eigenvalue weighted by Gasteiger charge is 2.63. The lowest BCUT2D eigenvalue weighted by atomic mass is 9.47. The molecule has 0 aromatic rings. The van der Waals surface area contributed by atoms with E-state index >= 15 is 0 Å². The van der Waals surface area contributed by atoms with Crippen LogP contribution in [-0.2, 0) is 38.0 Å². The maximum absolute atomic E-state index is 12.9. The van der Waals surface area contributed by atoms with Crippen molar-refractivity contribution in [3.05, 3.63) is 11.6 Å². The summed E-state index contributed by atoms with van der Waals surface area (Å²) in [7, 11) is 1.71. The number of ketones is 1. The first-order chi connectivity index (χ1) is 26.4. The maximum atomic E-state index is 12.9. The molecular weight excluding hydrogens is 736 g/mol. The van der Waals surface area contributed by atoms with Crippen molar-refractivity contribution in [2.45, 2.75) is 184 Å². The first-order valence-corrected chi connectivity index (χ1v) is 20.5. The number of hydrogen-bond donors (Lipinski definition) is 8. The lowest BCUT2D eigenvalue weighted by Gasteiger charge is -2.58. The average Bonchev–Trinajstić information content (AvgIpc) is 3.49. The molecule has 16 heteroatoms. The van der Waals surface area contributed by atoms with Gasteiger partial charge in [-0.15, -0.1) is 0 Å². The number of ether oxygens (including phenoxy) is 7. The van der Waals surface area contributed by atoms with Crippen LogP contribution in [0.3, 0.4) is 0 Å². The molecule has 320 valence electrons. The molecule has 56 heavy (non-hydrogen) atoms. The van der Waals surface area contributed by atoms with Gasteiger partial charge >= 0.3 is 0 Å². The lowest BCUT2D eigenvalue weighted by molar-refractivity contribution is -0.388. The molecule has 0 unspecified atom stereocenters. The first kappa shape index (κ1) is 42.9. The summed E-state index contributed by atoms with van der Waals surface area (Å²) in [6, 6.07) is 0. The number of carbonyl (C=O) groups excluding carboxylic acids is 1. The van der Waals surface area contributed by atoms with E-state index in [1.54, 1.807) is 14.0 Å². The third kappa shape index (κ3) is 7.25. The molecule has 3 aliphatic heterocycles. The topological polar surface area (TPSA) is 244 Å². The fourth-order valence-electron chi connectivity index (χ4n) is 11.9. The second kappa shape index (κ2) is 16.3. The van der Waals surface area contributed by atoms with Crippen LogP contribution < -0.4 is 0 Å². The third-order valence-corrected chi connectivity index (χ3v) is 15.1. The summed E-state index contributed by atoms with van der Waals surface area (Å²) >= 11 is 0. The lowest BCUT2D eigenvalue weighted by Crippen LogP contribution is -2.66. The van der Waals surface area contributed by atoms with Crippen LogP contribution in [0.25, 0.3) is 0 Å². The molecule has 3 heterocycles. The van der Waals surface area contributed by atoms with Gasteiger partial charge in [-0.25, -0.2) is 0 Å².